The summed E-state index contributed by atoms with van der Waals surface area (Å²) in [7, 11) is 0. The molecule has 3 aromatic rings. The minimum atomic E-state index is -0.345. The van der Waals surface area contributed by atoms with E-state index in [9.17, 15) is 9.18 Å². The molecule has 2 aliphatic rings. The predicted octanol–water partition coefficient (Wildman–Crippen LogP) is 4.11. The molecule has 2 fully saturated rings. The molecule has 34 heavy (non-hydrogen) atoms. The van der Waals surface area contributed by atoms with Gasteiger partial charge in [0.25, 0.3) is 5.95 Å². The maximum atomic E-state index is 14.7. The van der Waals surface area contributed by atoms with Crippen LogP contribution >= 0.6 is 0 Å². The van der Waals surface area contributed by atoms with Crippen molar-refractivity contribution in [2.75, 3.05) is 32.7 Å². The first kappa shape index (κ1) is 23.0. The Bertz CT molecular complexity index is 1160. The number of amides is 1. The van der Waals surface area contributed by atoms with Crippen LogP contribution in [0.2, 0.25) is 0 Å². The van der Waals surface area contributed by atoms with Crippen molar-refractivity contribution in [2.45, 2.75) is 58.3 Å². The number of fused-ring (bicyclic) bond motifs is 1. The van der Waals surface area contributed by atoms with Crippen LogP contribution in [0.4, 0.5) is 4.39 Å². The van der Waals surface area contributed by atoms with Gasteiger partial charge in [0.1, 0.15) is 11.3 Å². The van der Waals surface area contributed by atoms with E-state index in [0.717, 1.165) is 63.1 Å². The summed E-state index contributed by atoms with van der Waals surface area (Å²) in [4.78, 5) is 21.1. The Balaban J connectivity index is 1.24. The van der Waals surface area contributed by atoms with Gasteiger partial charge in [-0.2, -0.15) is 14.8 Å². The third kappa shape index (κ3) is 4.33. The van der Waals surface area contributed by atoms with Crippen LogP contribution in [0.5, 0.6) is 0 Å². The number of para-hydroxylation sites is 1. The molecule has 0 unspecified atom stereocenters. The van der Waals surface area contributed by atoms with Crippen molar-refractivity contribution in [1.82, 2.24) is 29.7 Å². The quantitative estimate of drug-likeness (QED) is 0.542. The number of carbonyl (C=O) groups excluding carboxylic acids is 1. The van der Waals surface area contributed by atoms with Gasteiger partial charge >= 0.3 is 0 Å². The van der Waals surface area contributed by atoms with Crippen LogP contribution in [0.25, 0.3) is 16.9 Å². The highest BCUT2D eigenvalue weighted by molar-refractivity contribution is 5.84. The largest absolute Gasteiger partial charge is 0.342 e. The van der Waals surface area contributed by atoms with Gasteiger partial charge in [-0.05, 0) is 55.4 Å². The minimum Gasteiger partial charge on any atom is -0.342 e. The van der Waals surface area contributed by atoms with Gasteiger partial charge < -0.3 is 14.3 Å². The molecule has 0 bridgehead atoms. The van der Waals surface area contributed by atoms with Crippen molar-refractivity contribution in [3.05, 3.63) is 35.6 Å². The number of carbonyl (C=O) groups is 1. The molecular formula is C25H33FN6O2. The van der Waals surface area contributed by atoms with Crippen LogP contribution in [0.3, 0.4) is 0 Å². The van der Waals surface area contributed by atoms with Gasteiger partial charge in [0.05, 0.1) is 5.69 Å². The molecule has 9 heteroatoms. The SMILES string of the molecule is CCC(=O)N1CC[C@@H](CN2CCC(c3nc(-n4nc(C(C)C)c5cccc(F)c54)no3)CC2)C1. The standard InChI is InChI=1S/C25H33FN6O2/c1-4-21(33)31-13-8-17(15-31)14-30-11-9-18(10-12-30)24-27-25(29-34-24)32-23-19(6-5-7-20(23)26)22(28-32)16(2)3/h5-7,16-18H,4,8-15H2,1-3H3/t17-/m0/s1. The smallest absolute Gasteiger partial charge is 0.291 e. The van der Waals surface area contributed by atoms with Crippen LogP contribution in [0, 0.1) is 11.7 Å². The Morgan fingerprint density at radius 2 is 2.00 bits per heavy atom. The monoisotopic (exact) mass is 468 g/mol. The lowest BCUT2D eigenvalue weighted by Gasteiger charge is -2.32. The predicted molar refractivity (Wildman–Crippen MR) is 126 cm³/mol. The van der Waals surface area contributed by atoms with Crippen molar-refractivity contribution in [3.8, 4) is 5.95 Å². The molecule has 1 atom stereocenters. The van der Waals surface area contributed by atoms with Crippen LogP contribution in [0.15, 0.2) is 22.7 Å². The summed E-state index contributed by atoms with van der Waals surface area (Å²) in [5.74, 6) is 1.69. The molecule has 4 heterocycles. The van der Waals surface area contributed by atoms with E-state index in [0.29, 0.717) is 23.7 Å². The molecule has 1 aromatic carbocycles. The molecule has 8 nitrogen and oxygen atoms in total. The summed E-state index contributed by atoms with van der Waals surface area (Å²) < 4.78 is 21.8. The second-order valence-corrected chi connectivity index (χ2v) is 9.94. The summed E-state index contributed by atoms with van der Waals surface area (Å²) in [6.07, 6.45) is 3.56. The zero-order valence-corrected chi connectivity index (χ0v) is 20.2. The van der Waals surface area contributed by atoms with E-state index in [2.05, 4.69) is 20.1 Å². The van der Waals surface area contributed by atoms with Gasteiger partial charge in [-0.3, -0.25) is 4.79 Å². The van der Waals surface area contributed by atoms with Gasteiger partial charge in [-0.1, -0.05) is 32.9 Å². The Morgan fingerprint density at radius 3 is 2.74 bits per heavy atom. The fraction of sp³-hybridized carbons (Fsp3) is 0.600. The number of halogens is 1. The molecule has 0 spiro atoms. The summed E-state index contributed by atoms with van der Waals surface area (Å²) in [6.45, 7) is 10.7. The number of nitrogens with zero attached hydrogens (tertiary/aromatic N) is 6. The van der Waals surface area contributed by atoms with Crippen LogP contribution in [-0.4, -0.2) is 68.4 Å². The Kier molecular flexibility index (Phi) is 6.38. The topological polar surface area (TPSA) is 80.3 Å². The number of hydrogen-bond acceptors (Lipinski definition) is 6. The second kappa shape index (κ2) is 9.44. The molecule has 182 valence electrons. The number of rotatable bonds is 6. The summed E-state index contributed by atoms with van der Waals surface area (Å²) in [6, 6.07) is 5.02. The number of benzene rings is 1. The second-order valence-electron chi connectivity index (χ2n) is 9.94. The fourth-order valence-corrected chi connectivity index (χ4v) is 5.36. The Labute approximate surface area is 199 Å². The van der Waals surface area contributed by atoms with Gasteiger partial charge in [0.15, 0.2) is 0 Å². The summed E-state index contributed by atoms with van der Waals surface area (Å²) in [5.41, 5.74) is 1.21. The molecule has 0 radical (unpaired) electrons. The Hall–Kier alpha value is -2.81. The first-order valence-electron chi connectivity index (χ1n) is 12.5. The summed E-state index contributed by atoms with van der Waals surface area (Å²) in [5, 5.41) is 9.56. The zero-order valence-electron chi connectivity index (χ0n) is 20.2. The van der Waals surface area contributed by atoms with Crippen LogP contribution in [0.1, 0.15) is 69.9 Å². The Morgan fingerprint density at radius 1 is 1.21 bits per heavy atom. The molecule has 0 aliphatic carbocycles. The fourth-order valence-electron chi connectivity index (χ4n) is 5.36. The zero-order chi connectivity index (χ0) is 23.8. The van der Waals surface area contributed by atoms with E-state index in [1.165, 1.54) is 10.7 Å². The number of piperidine rings is 1. The van der Waals surface area contributed by atoms with Crippen molar-refractivity contribution in [2.24, 2.45) is 5.92 Å². The lowest BCUT2D eigenvalue weighted by molar-refractivity contribution is -0.129. The molecule has 1 amide bonds. The average Bonchev–Trinajstić information content (AvgIpc) is 3.58. The van der Waals surface area contributed by atoms with Gasteiger partial charge in [0, 0.05) is 37.4 Å². The highest BCUT2D eigenvalue weighted by Gasteiger charge is 2.31. The van der Waals surface area contributed by atoms with Crippen LogP contribution in [-0.2, 0) is 4.79 Å². The van der Waals surface area contributed by atoms with E-state index < -0.39 is 0 Å². The first-order chi connectivity index (χ1) is 16.4. The van der Waals surface area contributed by atoms with Gasteiger partial charge in [0.2, 0.25) is 11.8 Å². The van der Waals surface area contributed by atoms with Crippen molar-refractivity contribution < 1.29 is 13.7 Å². The molecule has 2 saturated heterocycles. The lowest BCUT2D eigenvalue weighted by Crippen LogP contribution is -2.37. The first-order valence-corrected chi connectivity index (χ1v) is 12.5. The molecule has 5 rings (SSSR count). The number of aromatic nitrogens is 4. The van der Waals surface area contributed by atoms with Crippen LogP contribution < -0.4 is 0 Å². The van der Waals surface area contributed by atoms with Gasteiger partial charge in [-0.25, -0.2) is 4.39 Å². The molecule has 2 aliphatic heterocycles. The third-order valence-electron chi connectivity index (χ3n) is 7.24. The van der Waals surface area contributed by atoms with E-state index >= 15 is 0 Å². The van der Waals surface area contributed by atoms with E-state index in [1.807, 2.05) is 31.7 Å². The van der Waals surface area contributed by atoms with Crippen molar-refractivity contribution >= 4 is 16.8 Å². The normalized spacial score (nSPS) is 20.1. The minimum absolute atomic E-state index is 0.147. The molecular weight excluding hydrogens is 435 g/mol. The van der Waals surface area contributed by atoms with E-state index in [4.69, 9.17) is 4.52 Å². The molecule has 2 aromatic heterocycles. The molecule has 0 N–H and O–H groups in total. The lowest BCUT2D eigenvalue weighted by atomic mass is 9.95. The third-order valence-corrected chi connectivity index (χ3v) is 7.24. The van der Waals surface area contributed by atoms with Crippen molar-refractivity contribution in [1.29, 1.82) is 0 Å². The number of likely N-dealkylation sites (tertiary alicyclic amines) is 2. The maximum Gasteiger partial charge on any atom is 0.291 e. The number of hydrogen-bond donors (Lipinski definition) is 0. The maximum absolute atomic E-state index is 14.7. The highest BCUT2D eigenvalue weighted by Crippen LogP contribution is 2.31. The van der Waals surface area contributed by atoms with E-state index in [1.54, 1.807) is 6.07 Å². The van der Waals surface area contributed by atoms with E-state index in [-0.39, 0.29) is 29.5 Å². The highest BCUT2D eigenvalue weighted by atomic mass is 19.1. The van der Waals surface area contributed by atoms with Gasteiger partial charge in [-0.15, -0.1) is 0 Å². The summed E-state index contributed by atoms with van der Waals surface area (Å²) >= 11 is 0. The van der Waals surface area contributed by atoms with Crippen molar-refractivity contribution in [3.63, 3.8) is 0 Å². The average molecular weight is 469 g/mol. The molecule has 0 saturated carbocycles.